The van der Waals surface area contributed by atoms with Gasteiger partial charge in [0.25, 0.3) is 0 Å². The number of rotatable bonds is 0. The maximum atomic E-state index is 2.31. The van der Waals surface area contributed by atoms with Gasteiger partial charge >= 0.3 is 0 Å². The third-order valence-electron chi connectivity index (χ3n) is 3.56. The first-order chi connectivity index (χ1) is 7.11. The van der Waals surface area contributed by atoms with Crippen molar-refractivity contribution >= 4 is 5.69 Å². The standard InChI is InChI=1S/C14H19N/c1-10-9-11(2)13-7-5-6-8-14(13)15(4)12(10)3/h5-8,11H,9H2,1-4H3. The van der Waals surface area contributed by atoms with E-state index in [-0.39, 0.29) is 0 Å². The maximum absolute atomic E-state index is 2.31. The minimum atomic E-state index is 0.626. The van der Waals surface area contributed by atoms with Gasteiger partial charge in [0.05, 0.1) is 0 Å². The van der Waals surface area contributed by atoms with Gasteiger partial charge in [0.15, 0.2) is 0 Å². The van der Waals surface area contributed by atoms with Crippen molar-refractivity contribution in [3.05, 3.63) is 41.1 Å². The van der Waals surface area contributed by atoms with Crippen molar-refractivity contribution < 1.29 is 0 Å². The zero-order chi connectivity index (χ0) is 11.0. The molecule has 1 aliphatic heterocycles. The molecule has 1 unspecified atom stereocenters. The van der Waals surface area contributed by atoms with E-state index in [1.54, 1.807) is 0 Å². The van der Waals surface area contributed by atoms with Crippen molar-refractivity contribution in [1.82, 2.24) is 0 Å². The smallest absolute Gasteiger partial charge is 0.0440 e. The largest absolute Gasteiger partial charge is 0.348 e. The monoisotopic (exact) mass is 201 g/mol. The van der Waals surface area contributed by atoms with Crippen LogP contribution in [0.15, 0.2) is 35.5 Å². The van der Waals surface area contributed by atoms with Gasteiger partial charge in [-0.05, 0) is 37.8 Å². The number of allylic oxidation sites excluding steroid dienone is 2. The van der Waals surface area contributed by atoms with Gasteiger partial charge < -0.3 is 4.90 Å². The van der Waals surface area contributed by atoms with Crippen LogP contribution in [0.4, 0.5) is 5.69 Å². The summed E-state index contributed by atoms with van der Waals surface area (Å²) in [6, 6.07) is 8.73. The summed E-state index contributed by atoms with van der Waals surface area (Å²) in [5.74, 6) is 0.626. The Kier molecular flexibility index (Phi) is 2.56. The summed E-state index contributed by atoms with van der Waals surface area (Å²) >= 11 is 0. The summed E-state index contributed by atoms with van der Waals surface area (Å²) in [7, 11) is 2.16. The molecule has 1 heteroatoms. The molecule has 0 radical (unpaired) electrons. The van der Waals surface area contributed by atoms with Crippen LogP contribution in [0.1, 0.15) is 38.7 Å². The molecule has 1 heterocycles. The highest BCUT2D eigenvalue weighted by Gasteiger charge is 2.19. The van der Waals surface area contributed by atoms with Crippen LogP contribution in [0.2, 0.25) is 0 Å². The van der Waals surface area contributed by atoms with Crippen LogP contribution < -0.4 is 4.90 Å². The average molecular weight is 201 g/mol. The average Bonchev–Trinajstić information content (AvgIpc) is 2.33. The van der Waals surface area contributed by atoms with E-state index in [0.717, 1.165) is 0 Å². The molecule has 0 saturated carbocycles. The van der Waals surface area contributed by atoms with Gasteiger partial charge in [0, 0.05) is 18.4 Å². The van der Waals surface area contributed by atoms with Crippen LogP contribution in [0.3, 0.4) is 0 Å². The summed E-state index contributed by atoms with van der Waals surface area (Å²) in [6.45, 7) is 6.77. The third kappa shape index (κ3) is 1.67. The number of benzene rings is 1. The highest BCUT2D eigenvalue weighted by atomic mass is 15.1. The Morgan fingerprint density at radius 1 is 1.20 bits per heavy atom. The first kappa shape index (κ1) is 10.3. The van der Waals surface area contributed by atoms with E-state index < -0.39 is 0 Å². The molecule has 0 aromatic heterocycles. The Labute approximate surface area is 92.4 Å². The highest BCUT2D eigenvalue weighted by Crippen LogP contribution is 2.36. The predicted molar refractivity (Wildman–Crippen MR) is 66.3 cm³/mol. The first-order valence-corrected chi connectivity index (χ1v) is 5.60. The van der Waals surface area contributed by atoms with Crippen molar-refractivity contribution in [2.75, 3.05) is 11.9 Å². The molecule has 0 amide bonds. The van der Waals surface area contributed by atoms with Crippen molar-refractivity contribution in [1.29, 1.82) is 0 Å². The number of nitrogens with zero attached hydrogens (tertiary/aromatic N) is 1. The lowest BCUT2D eigenvalue weighted by molar-refractivity contribution is 0.756. The molecule has 1 aromatic rings. The Morgan fingerprint density at radius 3 is 2.60 bits per heavy atom. The van der Waals surface area contributed by atoms with E-state index in [4.69, 9.17) is 0 Å². The van der Waals surface area contributed by atoms with Crippen LogP contribution in [-0.4, -0.2) is 7.05 Å². The fourth-order valence-corrected chi connectivity index (χ4v) is 2.39. The molecule has 2 rings (SSSR count). The minimum Gasteiger partial charge on any atom is -0.348 e. The summed E-state index contributed by atoms with van der Waals surface area (Å²) < 4.78 is 0. The van der Waals surface area contributed by atoms with E-state index in [2.05, 4.69) is 57.0 Å². The molecule has 0 saturated heterocycles. The minimum absolute atomic E-state index is 0.626. The third-order valence-corrected chi connectivity index (χ3v) is 3.56. The van der Waals surface area contributed by atoms with Gasteiger partial charge in [-0.15, -0.1) is 0 Å². The Bertz CT molecular complexity index is 404. The molecule has 0 bridgehead atoms. The lowest BCUT2D eigenvalue weighted by Crippen LogP contribution is -2.15. The second-order valence-corrected chi connectivity index (χ2v) is 4.59. The van der Waals surface area contributed by atoms with E-state index in [1.807, 2.05) is 0 Å². The molecule has 0 aliphatic carbocycles. The fraction of sp³-hybridized carbons (Fsp3) is 0.429. The molecule has 0 fully saturated rings. The molecule has 1 atom stereocenters. The molecular formula is C14H19N. The molecular weight excluding hydrogens is 182 g/mol. The molecule has 80 valence electrons. The van der Waals surface area contributed by atoms with E-state index >= 15 is 0 Å². The molecule has 0 spiro atoms. The normalized spacial score (nSPS) is 21.3. The molecule has 1 nitrogen and oxygen atoms in total. The van der Waals surface area contributed by atoms with Crippen LogP contribution in [0.25, 0.3) is 0 Å². The molecule has 15 heavy (non-hydrogen) atoms. The summed E-state index contributed by atoms with van der Waals surface area (Å²) in [4.78, 5) is 2.31. The lowest BCUT2D eigenvalue weighted by atomic mass is 9.94. The number of hydrogen-bond donors (Lipinski definition) is 0. The number of fused-ring (bicyclic) bond motifs is 1. The molecule has 1 aliphatic rings. The van der Waals surface area contributed by atoms with E-state index in [1.165, 1.54) is 28.9 Å². The van der Waals surface area contributed by atoms with Gasteiger partial charge in [-0.2, -0.15) is 0 Å². The van der Waals surface area contributed by atoms with Crippen LogP contribution >= 0.6 is 0 Å². The number of para-hydroxylation sites is 1. The van der Waals surface area contributed by atoms with Crippen LogP contribution in [-0.2, 0) is 0 Å². The summed E-state index contributed by atoms with van der Waals surface area (Å²) in [5, 5.41) is 0. The van der Waals surface area contributed by atoms with Crippen molar-refractivity contribution in [3.63, 3.8) is 0 Å². The second-order valence-electron chi connectivity index (χ2n) is 4.59. The Balaban J connectivity index is 2.57. The highest BCUT2D eigenvalue weighted by molar-refractivity contribution is 5.60. The van der Waals surface area contributed by atoms with Crippen LogP contribution in [0, 0.1) is 0 Å². The zero-order valence-corrected chi connectivity index (χ0v) is 10.0. The van der Waals surface area contributed by atoms with Gasteiger partial charge in [0.2, 0.25) is 0 Å². The van der Waals surface area contributed by atoms with Gasteiger partial charge in [0.1, 0.15) is 0 Å². The zero-order valence-electron chi connectivity index (χ0n) is 10.0. The van der Waals surface area contributed by atoms with Crippen molar-refractivity contribution in [2.45, 2.75) is 33.1 Å². The molecule has 1 aromatic carbocycles. The van der Waals surface area contributed by atoms with Gasteiger partial charge in [-0.3, -0.25) is 0 Å². The summed E-state index contributed by atoms with van der Waals surface area (Å²) in [5.41, 5.74) is 5.73. The van der Waals surface area contributed by atoms with E-state index in [9.17, 15) is 0 Å². The predicted octanol–water partition coefficient (Wildman–Crippen LogP) is 3.92. The number of anilines is 1. The molecule has 0 N–H and O–H groups in total. The van der Waals surface area contributed by atoms with Crippen LogP contribution in [0.5, 0.6) is 0 Å². The van der Waals surface area contributed by atoms with Gasteiger partial charge in [-0.25, -0.2) is 0 Å². The quantitative estimate of drug-likeness (QED) is 0.615. The Morgan fingerprint density at radius 2 is 1.87 bits per heavy atom. The van der Waals surface area contributed by atoms with E-state index in [0.29, 0.717) is 5.92 Å². The summed E-state index contributed by atoms with van der Waals surface area (Å²) in [6.07, 6.45) is 1.17. The van der Waals surface area contributed by atoms with Crippen molar-refractivity contribution in [3.8, 4) is 0 Å². The lowest BCUT2D eigenvalue weighted by Gasteiger charge is -2.22. The van der Waals surface area contributed by atoms with Crippen molar-refractivity contribution in [2.24, 2.45) is 0 Å². The topological polar surface area (TPSA) is 3.24 Å². The SMILES string of the molecule is CC1=C(C)N(C)c2ccccc2C(C)C1. The number of hydrogen-bond acceptors (Lipinski definition) is 1. The second kappa shape index (κ2) is 3.73. The first-order valence-electron chi connectivity index (χ1n) is 5.60. The fourth-order valence-electron chi connectivity index (χ4n) is 2.39. The van der Waals surface area contributed by atoms with Gasteiger partial charge in [-0.1, -0.05) is 30.7 Å². The Hall–Kier alpha value is -1.24. The maximum Gasteiger partial charge on any atom is 0.0440 e.